The minimum atomic E-state index is 0.412. The SMILES string of the molecule is C=COC1CCC(CN)CC1. The van der Waals surface area contributed by atoms with Gasteiger partial charge in [-0.05, 0) is 38.1 Å². The van der Waals surface area contributed by atoms with Crippen molar-refractivity contribution in [2.45, 2.75) is 31.8 Å². The van der Waals surface area contributed by atoms with E-state index in [4.69, 9.17) is 10.5 Å². The molecule has 0 heterocycles. The molecule has 0 aromatic heterocycles. The third-order valence-corrected chi connectivity index (χ3v) is 2.42. The topological polar surface area (TPSA) is 35.2 Å². The fraction of sp³-hybridized carbons (Fsp3) is 0.778. The van der Waals surface area contributed by atoms with Gasteiger partial charge in [0.2, 0.25) is 0 Å². The molecule has 2 nitrogen and oxygen atoms in total. The van der Waals surface area contributed by atoms with Gasteiger partial charge in [0.1, 0.15) is 0 Å². The largest absolute Gasteiger partial charge is 0.499 e. The first-order valence-electron chi connectivity index (χ1n) is 4.33. The van der Waals surface area contributed by atoms with Crippen LogP contribution in [-0.4, -0.2) is 12.6 Å². The fourth-order valence-corrected chi connectivity index (χ4v) is 1.64. The Morgan fingerprint density at radius 1 is 1.36 bits per heavy atom. The van der Waals surface area contributed by atoms with Gasteiger partial charge in [-0.2, -0.15) is 0 Å². The Bertz CT molecular complexity index is 117. The summed E-state index contributed by atoms with van der Waals surface area (Å²) in [5.74, 6) is 0.736. The summed E-state index contributed by atoms with van der Waals surface area (Å²) in [5.41, 5.74) is 5.56. The van der Waals surface area contributed by atoms with Crippen molar-refractivity contribution in [3.8, 4) is 0 Å². The molecule has 0 aliphatic heterocycles. The molecule has 0 saturated heterocycles. The molecule has 64 valence electrons. The Morgan fingerprint density at radius 3 is 2.45 bits per heavy atom. The molecule has 0 unspecified atom stereocenters. The van der Waals surface area contributed by atoms with Crippen molar-refractivity contribution in [2.24, 2.45) is 11.7 Å². The van der Waals surface area contributed by atoms with Gasteiger partial charge in [-0.3, -0.25) is 0 Å². The van der Waals surface area contributed by atoms with E-state index in [9.17, 15) is 0 Å². The summed E-state index contributed by atoms with van der Waals surface area (Å²) in [6.45, 7) is 4.38. The first-order chi connectivity index (χ1) is 5.36. The number of nitrogens with two attached hydrogens (primary N) is 1. The lowest BCUT2D eigenvalue weighted by Crippen LogP contribution is -2.24. The van der Waals surface area contributed by atoms with Gasteiger partial charge in [0, 0.05) is 0 Å². The average Bonchev–Trinajstić information content (AvgIpc) is 2.07. The van der Waals surface area contributed by atoms with Crippen LogP contribution < -0.4 is 5.73 Å². The first kappa shape index (κ1) is 8.60. The first-order valence-corrected chi connectivity index (χ1v) is 4.33. The minimum Gasteiger partial charge on any atom is -0.499 e. The highest BCUT2D eigenvalue weighted by Crippen LogP contribution is 2.25. The fourth-order valence-electron chi connectivity index (χ4n) is 1.64. The molecule has 1 aliphatic carbocycles. The van der Waals surface area contributed by atoms with E-state index in [1.807, 2.05) is 0 Å². The van der Waals surface area contributed by atoms with E-state index < -0.39 is 0 Å². The van der Waals surface area contributed by atoms with Crippen LogP contribution in [0.5, 0.6) is 0 Å². The summed E-state index contributed by atoms with van der Waals surface area (Å²) in [7, 11) is 0. The molecule has 0 radical (unpaired) electrons. The second-order valence-electron chi connectivity index (χ2n) is 3.18. The monoisotopic (exact) mass is 155 g/mol. The molecule has 0 amide bonds. The van der Waals surface area contributed by atoms with Crippen LogP contribution >= 0.6 is 0 Å². The van der Waals surface area contributed by atoms with Gasteiger partial charge in [-0.15, -0.1) is 0 Å². The quantitative estimate of drug-likeness (QED) is 0.629. The summed E-state index contributed by atoms with van der Waals surface area (Å²) >= 11 is 0. The van der Waals surface area contributed by atoms with Gasteiger partial charge in [0.15, 0.2) is 0 Å². The molecule has 0 aromatic carbocycles. The molecule has 2 heteroatoms. The highest BCUT2D eigenvalue weighted by molar-refractivity contribution is 4.74. The van der Waals surface area contributed by atoms with Crippen molar-refractivity contribution in [1.82, 2.24) is 0 Å². The normalized spacial score (nSPS) is 31.4. The summed E-state index contributed by atoms with van der Waals surface area (Å²) in [5, 5.41) is 0. The van der Waals surface area contributed by atoms with Crippen molar-refractivity contribution in [3.05, 3.63) is 12.8 Å². The van der Waals surface area contributed by atoms with Crippen molar-refractivity contribution in [3.63, 3.8) is 0 Å². The Morgan fingerprint density at radius 2 is 2.00 bits per heavy atom. The molecular formula is C9H17NO. The van der Waals surface area contributed by atoms with E-state index in [2.05, 4.69) is 6.58 Å². The third kappa shape index (κ3) is 2.54. The highest BCUT2D eigenvalue weighted by Gasteiger charge is 2.19. The smallest absolute Gasteiger partial charge is 0.0978 e. The van der Waals surface area contributed by atoms with E-state index in [0.717, 1.165) is 25.3 Å². The van der Waals surface area contributed by atoms with Gasteiger partial charge >= 0.3 is 0 Å². The molecule has 0 bridgehead atoms. The van der Waals surface area contributed by atoms with Crippen LogP contribution in [0.25, 0.3) is 0 Å². The van der Waals surface area contributed by atoms with Gasteiger partial charge in [0.25, 0.3) is 0 Å². The maximum atomic E-state index is 5.56. The third-order valence-electron chi connectivity index (χ3n) is 2.42. The molecule has 11 heavy (non-hydrogen) atoms. The van der Waals surface area contributed by atoms with E-state index in [1.54, 1.807) is 6.26 Å². The van der Waals surface area contributed by atoms with Gasteiger partial charge in [-0.1, -0.05) is 6.58 Å². The molecule has 0 spiro atoms. The van der Waals surface area contributed by atoms with Crippen LogP contribution in [-0.2, 0) is 4.74 Å². The highest BCUT2D eigenvalue weighted by atomic mass is 16.5. The Labute approximate surface area is 68.4 Å². The van der Waals surface area contributed by atoms with Crippen LogP contribution in [0.3, 0.4) is 0 Å². The second kappa shape index (κ2) is 4.39. The van der Waals surface area contributed by atoms with Crippen LogP contribution in [0.1, 0.15) is 25.7 Å². The lowest BCUT2D eigenvalue weighted by molar-refractivity contribution is 0.0904. The predicted molar refractivity (Wildman–Crippen MR) is 46.1 cm³/mol. The van der Waals surface area contributed by atoms with E-state index in [-0.39, 0.29) is 0 Å². The standard InChI is InChI=1S/C9H17NO/c1-2-11-9-5-3-8(7-10)4-6-9/h2,8-9H,1,3-7,10H2. The number of rotatable bonds is 3. The lowest BCUT2D eigenvalue weighted by Gasteiger charge is -2.26. The molecule has 1 fully saturated rings. The summed E-state index contributed by atoms with van der Waals surface area (Å²) in [6.07, 6.45) is 6.69. The van der Waals surface area contributed by atoms with Crippen molar-refractivity contribution in [2.75, 3.05) is 6.54 Å². The molecule has 1 rings (SSSR count). The van der Waals surface area contributed by atoms with Gasteiger partial charge in [-0.25, -0.2) is 0 Å². The van der Waals surface area contributed by atoms with Crippen LogP contribution in [0.2, 0.25) is 0 Å². The lowest BCUT2D eigenvalue weighted by atomic mass is 9.87. The maximum Gasteiger partial charge on any atom is 0.0978 e. The second-order valence-corrected chi connectivity index (χ2v) is 3.18. The zero-order valence-electron chi connectivity index (χ0n) is 6.96. The predicted octanol–water partition coefficient (Wildman–Crippen LogP) is 1.66. The minimum absolute atomic E-state index is 0.412. The van der Waals surface area contributed by atoms with E-state index in [1.165, 1.54) is 12.8 Å². The van der Waals surface area contributed by atoms with E-state index in [0.29, 0.717) is 6.10 Å². The zero-order valence-corrected chi connectivity index (χ0v) is 6.96. The van der Waals surface area contributed by atoms with Gasteiger partial charge in [0.05, 0.1) is 12.4 Å². The Balaban J connectivity index is 2.18. The zero-order chi connectivity index (χ0) is 8.10. The molecule has 1 aliphatic rings. The average molecular weight is 155 g/mol. The number of ether oxygens (including phenoxy) is 1. The maximum absolute atomic E-state index is 5.56. The van der Waals surface area contributed by atoms with Crippen molar-refractivity contribution in [1.29, 1.82) is 0 Å². The molecule has 0 aromatic rings. The number of hydrogen-bond acceptors (Lipinski definition) is 2. The van der Waals surface area contributed by atoms with Crippen LogP contribution in [0.4, 0.5) is 0 Å². The molecular weight excluding hydrogens is 138 g/mol. The summed E-state index contributed by atoms with van der Waals surface area (Å²) in [4.78, 5) is 0. The molecule has 2 N–H and O–H groups in total. The molecule has 1 saturated carbocycles. The summed E-state index contributed by atoms with van der Waals surface area (Å²) in [6, 6.07) is 0. The van der Waals surface area contributed by atoms with Crippen molar-refractivity contribution < 1.29 is 4.74 Å². The van der Waals surface area contributed by atoms with Crippen molar-refractivity contribution >= 4 is 0 Å². The van der Waals surface area contributed by atoms with Gasteiger partial charge < -0.3 is 10.5 Å². The Kier molecular flexibility index (Phi) is 3.43. The molecule has 0 atom stereocenters. The van der Waals surface area contributed by atoms with E-state index >= 15 is 0 Å². The van der Waals surface area contributed by atoms with Crippen LogP contribution in [0, 0.1) is 5.92 Å². The number of hydrogen-bond donors (Lipinski definition) is 1. The van der Waals surface area contributed by atoms with Crippen LogP contribution in [0.15, 0.2) is 12.8 Å². The Hall–Kier alpha value is -0.500. The summed E-state index contributed by atoms with van der Waals surface area (Å²) < 4.78 is 5.30.